The average Bonchev–Trinajstić information content (AvgIpc) is 2.75. The van der Waals surface area contributed by atoms with Crippen LogP contribution in [0.4, 0.5) is 5.69 Å². The fourth-order valence-electron chi connectivity index (χ4n) is 2.02. The Morgan fingerprint density at radius 1 is 1.56 bits per heavy atom. The first-order valence-electron chi connectivity index (χ1n) is 5.54. The van der Waals surface area contributed by atoms with E-state index in [0.717, 1.165) is 25.5 Å². The van der Waals surface area contributed by atoms with Gasteiger partial charge in [0.25, 0.3) is 0 Å². The van der Waals surface area contributed by atoms with Crippen molar-refractivity contribution in [2.75, 3.05) is 25.0 Å². The van der Waals surface area contributed by atoms with Crippen LogP contribution in [-0.4, -0.2) is 26.1 Å². The lowest BCUT2D eigenvalue weighted by Crippen LogP contribution is -2.40. The molecule has 0 bridgehead atoms. The lowest BCUT2D eigenvalue weighted by molar-refractivity contribution is 0.936. The fraction of sp³-hybridized carbons (Fsp3) is 0.308. The fourth-order valence-corrected chi connectivity index (χ4v) is 2.02. The summed E-state index contributed by atoms with van der Waals surface area (Å²) in [4.78, 5) is 6.51. The third-order valence-corrected chi connectivity index (χ3v) is 2.76. The van der Waals surface area contributed by atoms with Crippen molar-refractivity contribution in [1.29, 1.82) is 0 Å². The number of aliphatic imine (C=N–C) groups is 1. The van der Waals surface area contributed by atoms with Crippen LogP contribution in [-0.2, 0) is 6.42 Å². The Kier molecular flexibility index (Phi) is 3.25. The predicted octanol–water partition coefficient (Wildman–Crippen LogP) is 1.81. The van der Waals surface area contributed by atoms with Gasteiger partial charge in [-0.15, -0.1) is 6.58 Å². The number of para-hydroxylation sites is 1. The number of fused-ring (bicyclic) bond motifs is 1. The first-order valence-corrected chi connectivity index (χ1v) is 5.54. The van der Waals surface area contributed by atoms with Crippen molar-refractivity contribution < 1.29 is 0 Å². The molecule has 3 nitrogen and oxygen atoms in total. The molecule has 0 unspecified atom stereocenters. The number of hydrogen-bond donors (Lipinski definition) is 1. The maximum Gasteiger partial charge on any atom is 0.198 e. The Balaban J connectivity index is 2.20. The number of rotatable bonds is 2. The van der Waals surface area contributed by atoms with E-state index in [1.807, 2.05) is 13.1 Å². The summed E-state index contributed by atoms with van der Waals surface area (Å²) in [6.45, 7) is 5.44. The molecule has 1 heterocycles. The zero-order chi connectivity index (χ0) is 11.4. The highest BCUT2D eigenvalue weighted by Crippen LogP contribution is 2.27. The van der Waals surface area contributed by atoms with Crippen molar-refractivity contribution >= 4 is 11.6 Å². The first kappa shape index (κ1) is 10.7. The molecule has 1 N–H and O–H groups in total. The summed E-state index contributed by atoms with van der Waals surface area (Å²) >= 11 is 0. The van der Waals surface area contributed by atoms with E-state index in [1.54, 1.807) is 0 Å². The lowest BCUT2D eigenvalue weighted by Gasteiger charge is -2.21. The van der Waals surface area contributed by atoms with E-state index in [9.17, 15) is 0 Å². The van der Waals surface area contributed by atoms with Crippen LogP contribution in [0.3, 0.4) is 0 Å². The van der Waals surface area contributed by atoms with Crippen LogP contribution in [0.25, 0.3) is 0 Å². The smallest absolute Gasteiger partial charge is 0.198 e. The van der Waals surface area contributed by atoms with Gasteiger partial charge >= 0.3 is 0 Å². The maximum absolute atomic E-state index is 4.29. The van der Waals surface area contributed by atoms with Gasteiger partial charge in [-0.2, -0.15) is 0 Å². The summed E-state index contributed by atoms with van der Waals surface area (Å²) in [5.41, 5.74) is 2.66. The van der Waals surface area contributed by atoms with Crippen molar-refractivity contribution in [2.24, 2.45) is 4.99 Å². The number of benzene rings is 1. The molecule has 0 aromatic heterocycles. The van der Waals surface area contributed by atoms with Crippen LogP contribution in [0, 0.1) is 0 Å². The van der Waals surface area contributed by atoms with E-state index in [2.05, 4.69) is 46.1 Å². The van der Waals surface area contributed by atoms with Gasteiger partial charge < -0.3 is 10.2 Å². The van der Waals surface area contributed by atoms with Gasteiger partial charge in [0.1, 0.15) is 0 Å². The van der Waals surface area contributed by atoms with Gasteiger partial charge in [0, 0.05) is 25.8 Å². The SMILES string of the molecule is C=CCNC(=NC)N1CCc2ccccc21. The summed E-state index contributed by atoms with van der Waals surface area (Å²) in [6, 6.07) is 8.47. The number of hydrogen-bond acceptors (Lipinski definition) is 1. The second kappa shape index (κ2) is 4.84. The van der Waals surface area contributed by atoms with E-state index < -0.39 is 0 Å². The minimum atomic E-state index is 0.741. The van der Waals surface area contributed by atoms with Crippen molar-refractivity contribution in [3.63, 3.8) is 0 Å². The summed E-state index contributed by atoms with van der Waals surface area (Å²) in [6.07, 6.45) is 2.93. The molecule has 1 aliphatic heterocycles. The number of nitrogens with zero attached hydrogens (tertiary/aromatic N) is 2. The molecule has 3 heteroatoms. The highest BCUT2D eigenvalue weighted by Gasteiger charge is 2.21. The number of anilines is 1. The largest absolute Gasteiger partial charge is 0.352 e. The standard InChI is InChI=1S/C13H17N3/c1-3-9-15-13(14-2)16-10-8-11-6-4-5-7-12(11)16/h3-7H,1,8-10H2,2H3,(H,14,15). The van der Waals surface area contributed by atoms with Gasteiger partial charge in [-0.05, 0) is 18.1 Å². The van der Waals surface area contributed by atoms with Crippen LogP contribution < -0.4 is 10.2 Å². The lowest BCUT2D eigenvalue weighted by atomic mass is 10.2. The molecule has 0 radical (unpaired) electrons. The zero-order valence-electron chi connectivity index (χ0n) is 9.61. The highest BCUT2D eigenvalue weighted by atomic mass is 15.3. The molecule has 0 spiro atoms. The quantitative estimate of drug-likeness (QED) is 0.463. The van der Waals surface area contributed by atoms with Gasteiger partial charge in [0.05, 0.1) is 0 Å². The Morgan fingerprint density at radius 3 is 3.12 bits per heavy atom. The second-order valence-corrected chi connectivity index (χ2v) is 3.75. The highest BCUT2D eigenvalue weighted by molar-refractivity contribution is 5.97. The van der Waals surface area contributed by atoms with Crippen LogP contribution in [0.1, 0.15) is 5.56 Å². The average molecular weight is 215 g/mol. The molecule has 1 aliphatic rings. The van der Waals surface area contributed by atoms with Gasteiger partial charge in [-0.3, -0.25) is 4.99 Å². The Bertz CT molecular complexity index is 409. The second-order valence-electron chi connectivity index (χ2n) is 3.75. The van der Waals surface area contributed by atoms with Crippen LogP contribution in [0.15, 0.2) is 41.9 Å². The molecule has 16 heavy (non-hydrogen) atoms. The number of nitrogens with one attached hydrogen (secondary N) is 1. The molecule has 0 atom stereocenters. The summed E-state index contributed by atoms with van der Waals surface area (Å²) in [7, 11) is 1.81. The minimum Gasteiger partial charge on any atom is -0.352 e. The van der Waals surface area contributed by atoms with E-state index in [-0.39, 0.29) is 0 Å². The molecular formula is C13H17N3. The van der Waals surface area contributed by atoms with Gasteiger partial charge in [-0.1, -0.05) is 24.3 Å². The van der Waals surface area contributed by atoms with Crippen molar-refractivity contribution in [2.45, 2.75) is 6.42 Å². The van der Waals surface area contributed by atoms with Gasteiger partial charge in [0.15, 0.2) is 5.96 Å². The molecule has 0 amide bonds. The monoisotopic (exact) mass is 215 g/mol. The van der Waals surface area contributed by atoms with Gasteiger partial charge in [0.2, 0.25) is 0 Å². The van der Waals surface area contributed by atoms with Crippen molar-refractivity contribution in [3.8, 4) is 0 Å². The summed E-state index contributed by atoms with van der Waals surface area (Å²) in [5.74, 6) is 0.921. The molecule has 1 aromatic carbocycles. The van der Waals surface area contributed by atoms with Crippen LogP contribution >= 0.6 is 0 Å². The van der Waals surface area contributed by atoms with Crippen molar-refractivity contribution in [3.05, 3.63) is 42.5 Å². The maximum atomic E-state index is 4.29. The molecule has 0 saturated carbocycles. The van der Waals surface area contributed by atoms with E-state index in [4.69, 9.17) is 0 Å². The third-order valence-electron chi connectivity index (χ3n) is 2.76. The predicted molar refractivity (Wildman–Crippen MR) is 69.1 cm³/mol. The Morgan fingerprint density at radius 2 is 2.38 bits per heavy atom. The molecule has 1 aromatic rings. The zero-order valence-corrected chi connectivity index (χ0v) is 9.61. The molecular weight excluding hydrogens is 198 g/mol. The summed E-state index contributed by atoms with van der Waals surface area (Å²) < 4.78 is 0. The first-order chi connectivity index (χ1) is 7.86. The van der Waals surface area contributed by atoms with E-state index in [0.29, 0.717) is 0 Å². The molecule has 84 valence electrons. The Labute approximate surface area is 96.5 Å². The van der Waals surface area contributed by atoms with Crippen LogP contribution in [0.5, 0.6) is 0 Å². The van der Waals surface area contributed by atoms with E-state index in [1.165, 1.54) is 11.3 Å². The summed E-state index contributed by atoms with van der Waals surface area (Å²) in [5, 5.41) is 3.26. The molecule has 0 saturated heterocycles. The molecule has 0 fully saturated rings. The minimum absolute atomic E-state index is 0.741. The molecule has 0 aliphatic carbocycles. The van der Waals surface area contributed by atoms with Gasteiger partial charge in [-0.25, -0.2) is 0 Å². The molecule has 2 rings (SSSR count). The topological polar surface area (TPSA) is 27.6 Å². The van der Waals surface area contributed by atoms with Crippen molar-refractivity contribution in [1.82, 2.24) is 5.32 Å². The Hall–Kier alpha value is -1.77. The van der Waals surface area contributed by atoms with Crippen LogP contribution in [0.2, 0.25) is 0 Å². The normalized spacial score (nSPS) is 14.8. The van der Waals surface area contributed by atoms with E-state index >= 15 is 0 Å². The third kappa shape index (κ3) is 1.94. The number of guanidine groups is 1.